The molecule has 0 bridgehead atoms. The predicted molar refractivity (Wildman–Crippen MR) is 74.9 cm³/mol. The molecule has 1 aliphatic rings. The van der Waals surface area contributed by atoms with Gasteiger partial charge in [-0.3, -0.25) is 0 Å². The lowest BCUT2D eigenvalue weighted by Gasteiger charge is -2.33. The van der Waals surface area contributed by atoms with Gasteiger partial charge in [0.1, 0.15) is 0 Å². The molecule has 17 heavy (non-hydrogen) atoms. The van der Waals surface area contributed by atoms with Gasteiger partial charge in [-0.1, -0.05) is 38.1 Å². The SMILES string of the molecule is Cc1cccc(C2=CC(N)CC(C)(C)C2)c1C. The third-order valence-corrected chi connectivity index (χ3v) is 3.82. The summed E-state index contributed by atoms with van der Waals surface area (Å²) in [6.07, 6.45) is 4.47. The van der Waals surface area contributed by atoms with Gasteiger partial charge in [-0.05, 0) is 54.4 Å². The molecule has 92 valence electrons. The van der Waals surface area contributed by atoms with Crippen molar-refractivity contribution in [3.8, 4) is 0 Å². The summed E-state index contributed by atoms with van der Waals surface area (Å²) in [6, 6.07) is 6.75. The van der Waals surface area contributed by atoms with Crippen molar-refractivity contribution in [2.75, 3.05) is 0 Å². The number of rotatable bonds is 1. The molecule has 2 rings (SSSR count). The molecule has 1 aromatic carbocycles. The largest absolute Gasteiger partial charge is 0.324 e. The van der Waals surface area contributed by atoms with Crippen molar-refractivity contribution in [1.29, 1.82) is 0 Å². The second-order valence-electron chi connectivity index (χ2n) is 6.15. The molecular formula is C16H23N. The molecular weight excluding hydrogens is 206 g/mol. The summed E-state index contributed by atoms with van der Waals surface area (Å²) in [5.41, 5.74) is 12.0. The first-order valence-electron chi connectivity index (χ1n) is 6.42. The fourth-order valence-corrected chi connectivity index (χ4v) is 2.89. The minimum absolute atomic E-state index is 0.202. The molecule has 0 saturated heterocycles. The third kappa shape index (κ3) is 2.61. The lowest BCUT2D eigenvalue weighted by molar-refractivity contribution is 0.318. The summed E-state index contributed by atoms with van der Waals surface area (Å²) >= 11 is 0. The molecule has 1 unspecified atom stereocenters. The van der Waals surface area contributed by atoms with Crippen LogP contribution in [0.25, 0.3) is 5.57 Å². The van der Waals surface area contributed by atoms with Gasteiger partial charge in [-0.15, -0.1) is 0 Å². The van der Waals surface area contributed by atoms with Crippen molar-refractivity contribution in [3.05, 3.63) is 41.0 Å². The van der Waals surface area contributed by atoms with Crippen LogP contribution in [0.1, 0.15) is 43.4 Å². The quantitative estimate of drug-likeness (QED) is 0.778. The highest BCUT2D eigenvalue weighted by atomic mass is 14.6. The topological polar surface area (TPSA) is 26.0 Å². The van der Waals surface area contributed by atoms with E-state index >= 15 is 0 Å². The maximum Gasteiger partial charge on any atom is 0.0234 e. The number of nitrogens with two attached hydrogens (primary N) is 1. The second kappa shape index (κ2) is 4.30. The van der Waals surface area contributed by atoms with Crippen molar-refractivity contribution in [2.24, 2.45) is 11.1 Å². The molecule has 0 fully saturated rings. The van der Waals surface area contributed by atoms with Crippen LogP contribution in [-0.4, -0.2) is 6.04 Å². The summed E-state index contributed by atoms with van der Waals surface area (Å²) in [5, 5.41) is 0. The molecule has 0 aliphatic heterocycles. The number of allylic oxidation sites excluding steroid dienone is 1. The first kappa shape index (κ1) is 12.4. The second-order valence-corrected chi connectivity index (χ2v) is 6.15. The molecule has 1 aromatic rings. The Hall–Kier alpha value is -1.08. The zero-order valence-corrected chi connectivity index (χ0v) is 11.4. The molecule has 2 N–H and O–H groups in total. The highest BCUT2D eigenvalue weighted by Crippen LogP contribution is 2.40. The summed E-state index contributed by atoms with van der Waals surface area (Å²) in [4.78, 5) is 0. The Bertz CT molecular complexity index is 455. The Kier molecular flexibility index (Phi) is 3.13. The van der Waals surface area contributed by atoms with Crippen molar-refractivity contribution in [2.45, 2.75) is 46.6 Å². The van der Waals surface area contributed by atoms with Gasteiger partial charge in [-0.25, -0.2) is 0 Å². The number of hydrogen-bond acceptors (Lipinski definition) is 1. The Labute approximate surface area is 105 Å². The number of aryl methyl sites for hydroxylation is 1. The van der Waals surface area contributed by atoms with E-state index in [1.165, 1.54) is 22.3 Å². The van der Waals surface area contributed by atoms with E-state index in [0.29, 0.717) is 5.41 Å². The maximum atomic E-state index is 6.15. The van der Waals surface area contributed by atoms with E-state index in [1.807, 2.05) is 0 Å². The number of hydrogen-bond donors (Lipinski definition) is 1. The van der Waals surface area contributed by atoms with Gasteiger partial charge in [0.2, 0.25) is 0 Å². The van der Waals surface area contributed by atoms with Crippen molar-refractivity contribution in [1.82, 2.24) is 0 Å². The third-order valence-electron chi connectivity index (χ3n) is 3.82. The molecule has 0 saturated carbocycles. The standard InChI is InChI=1S/C16H23N/c1-11-6-5-7-15(12(11)2)13-8-14(17)10-16(3,4)9-13/h5-8,14H,9-10,17H2,1-4H3. The fourth-order valence-electron chi connectivity index (χ4n) is 2.89. The molecule has 0 spiro atoms. The molecule has 1 nitrogen and oxygen atoms in total. The van der Waals surface area contributed by atoms with Gasteiger partial charge in [0.15, 0.2) is 0 Å². The predicted octanol–water partition coefficient (Wildman–Crippen LogP) is 3.83. The molecule has 1 aliphatic carbocycles. The minimum atomic E-state index is 0.202. The van der Waals surface area contributed by atoms with Gasteiger partial charge >= 0.3 is 0 Å². The van der Waals surface area contributed by atoms with Crippen molar-refractivity contribution < 1.29 is 0 Å². The van der Waals surface area contributed by atoms with E-state index < -0.39 is 0 Å². The van der Waals surface area contributed by atoms with Gasteiger partial charge < -0.3 is 5.73 Å². The smallest absolute Gasteiger partial charge is 0.0234 e. The monoisotopic (exact) mass is 229 g/mol. The lowest BCUT2D eigenvalue weighted by atomic mass is 9.73. The lowest BCUT2D eigenvalue weighted by Crippen LogP contribution is -2.30. The van der Waals surface area contributed by atoms with Crippen LogP contribution in [0.3, 0.4) is 0 Å². The normalized spacial score (nSPS) is 23.4. The average molecular weight is 229 g/mol. The van der Waals surface area contributed by atoms with E-state index in [9.17, 15) is 0 Å². The minimum Gasteiger partial charge on any atom is -0.324 e. The Morgan fingerprint density at radius 3 is 2.59 bits per heavy atom. The van der Waals surface area contributed by atoms with E-state index in [0.717, 1.165) is 12.8 Å². The summed E-state index contributed by atoms with van der Waals surface area (Å²) in [7, 11) is 0. The summed E-state index contributed by atoms with van der Waals surface area (Å²) < 4.78 is 0. The Morgan fingerprint density at radius 1 is 1.24 bits per heavy atom. The van der Waals surface area contributed by atoms with Gasteiger partial charge in [-0.2, -0.15) is 0 Å². The maximum absolute atomic E-state index is 6.15. The van der Waals surface area contributed by atoms with Crippen LogP contribution in [0.15, 0.2) is 24.3 Å². The van der Waals surface area contributed by atoms with Gasteiger partial charge in [0.25, 0.3) is 0 Å². The summed E-state index contributed by atoms with van der Waals surface area (Å²) in [6.45, 7) is 9.00. The van der Waals surface area contributed by atoms with Gasteiger partial charge in [0, 0.05) is 6.04 Å². The van der Waals surface area contributed by atoms with E-state index in [-0.39, 0.29) is 6.04 Å². The molecule has 0 aromatic heterocycles. The Morgan fingerprint density at radius 2 is 1.94 bits per heavy atom. The highest BCUT2D eigenvalue weighted by molar-refractivity contribution is 5.70. The highest BCUT2D eigenvalue weighted by Gasteiger charge is 2.27. The van der Waals surface area contributed by atoms with Crippen LogP contribution >= 0.6 is 0 Å². The average Bonchev–Trinajstić information content (AvgIpc) is 2.19. The zero-order chi connectivity index (χ0) is 12.6. The van der Waals surface area contributed by atoms with Crippen molar-refractivity contribution >= 4 is 5.57 Å². The molecule has 1 atom stereocenters. The first-order chi connectivity index (χ1) is 7.89. The van der Waals surface area contributed by atoms with Gasteiger partial charge in [0.05, 0.1) is 0 Å². The Balaban J connectivity index is 2.43. The molecule has 1 heteroatoms. The van der Waals surface area contributed by atoms with E-state index in [4.69, 9.17) is 5.73 Å². The van der Waals surface area contributed by atoms with Crippen LogP contribution in [0.5, 0.6) is 0 Å². The van der Waals surface area contributed by atoms with Crippen molar-refractivity contribution in [3.63, 3.8) is 0 Å². The van der Waals surface area contributed by atoms with Crippen LogP contribution in [0.2, 0.25) is 0 Å². The van der Waals surface area contributed by atoms with E-state index in [1.54, 1.807) is 0 Å². The number of benzene rings is 1. The molecule has 0 radical (unpaired) electrons. The van der Waals surface area contributed by atoms with Crippen LogP contribution in [-0.2, 0) is 0 Å². The first-order valence-corrected chi connectivity index (χ1v) is 6.42. The fraction of sp³-hybridized carbons (Fsp3) is 0.500. The molecule has 0 heterocycles. The zero-order valence-electron chi connectivity index (χ0n) is 11.4. The van der Waals surface area contributed by atoms with Crippen LogP contribution in [0, 0.1) is 19.3 Å². The summed E-state index contributed by atoms with van der Waals surface area (Å²) in [5.74, 6) is 0. The van der Waals surface area contributed by atoms with Crippen LogP contribution < -0.4 is 5.73 Å². The molecule has 0 amide bonds. The van der Waals surface area contributed by atoms with Crippen LogP contribution in [0.4, 0.5) is 0 Å². The van der Waals surface area contributed by atoms with E-state index in [2.05, 4.69) is 52.0 Å².